The predicted octanol–water partition coefficient (Wildman–Crippen LogP) is 5.11. The van der Waals surface area contributed by atoms with E-state index in [9.17, 15) is 4.79 Å². The maximum absolute atomic E-state index is 12.6. The van der Waals surface area contributed by atoms with Crippen molar-refractivity contribution in [2.45, 2.75) is 30.3 Å². The highest BCUT2D eigenvalue weighted by atomic mass is 32.2. The van der Waals surface area contributed by atoms with Gasteiger partial charge in [0.2, 0.25) is 5.82 Å². The lowest BCUT2D eigenvalue weighted by Crippen LogP contribution is -2.27. The summed E-state index contributed by atoms with van der Waals surface area (Å²) >= 11 is 1.63. The van der Waals surface area contributed by atoms with Crippen LogP contribution in [0.15, 0.2) is 82.6 Å². The number of amides is 1. The molecule has 0 saturated carbocycles. The van der Waals surface area contributed by atoms with Crippen molar-refractivity contribution in [1.29, 1.82) is 0 Å². The van der Waals surface area contributed by atoms with Crippen molar-refractivity contribution in [2.75, 3.05) is 13.1 Å². The molecule has 7 heteroatoms. The van der Waals surface area contributed by atoms with Gasteiger partial charge in [-0.2, -0.15) is 0 Å². The van der Waals surface area contributed by atoms with Crippen LogP contribution < -0.4 is 0 Å². The molecular formula is C25H24N4O2S. The number of nitrogens with zero attached hydrogens (tertiary/aromatic N) is 4. The average molecular weight is 445 g/mol. The highest BCUT2D eigenvalue weighted by Crippen LogP contribution is 2.28. The van der Waals surface area contributed by atoms with Gasteiger partial charge in [-0.15, -0.1) is 10.2 Å². The van der Waals surface area contributed by atoms with Crippen molar-refractivity contribution in [3.63, 3.8) is 0 Å². The van der Waals surface area contributed by atoms with Crippen LogP contribution >= 0.6 is 11.8 Å². The summed E-state index contributed by atoms with van der Waals surface area (Å²) in [5.74, 6) is 2.29. The van der Waals surface area contributed by atoms with Crippen molar-refractivity contribution < 1.29 is 9.21 Å². The molecule has 0 atom stereocenters. The third-order valence-corrected chi connectivity index (χ3v) is 6.64. The van der Waals surface area contributed by atoms with E-state index < -0.39 is 0 Å². The maximum atomic E-state index is 12.6. The summed E-state index contributed by atoms with van der Waals surface area (Å²) in [6, 6.07) is 21.9. The Kier molecular flexibility index (Phi) is 6.07. The van der Waals surface area contributed by atoms with Gasteiger partial charge in [0, 0.05) is 24.4 Å². The van der Waals surface area contributed by atoms with Crippen LogP contribution in [0.5, 0.6) is 0 Å². The van der Waals surface area contributed by atoms with Gasteiger partial charge >= 0.3 is 0 Å². The first-order valence-electron chi connectivity index (χ1n) is 10.8. The number of carbonyl (C=O) groups is 1. The molecule has 5 rings (SSSR count). The monoisotopic (exact) mass is 444 g/mol. The molecule has 4 aromatic rings. The van der Waals surface area contributed by atoms with Crippen LogP contribution in [0.3, 0.4) is 0 Å². The fourth-order valence-electron chi connectivity index (χ4n) is 3.89. The highest BCUT2D eigenvalue weighted by Gasteiger charge is 2.20. The van der Waals surface area contributed by atoms with Gasteiger partial charge in [0.1, 0.15) is 0 Å². The lowest BCUT2D eigenvalue weighted by Gasteiger charge is -2.15. The van der Waals surface area contributed by atoms with Gasteiger partial charge in [-0.25, -0.2) is 0 Å². The Balaban J connectivity index is 1.32. The molecule has 1 fully saturated rings. The largest absolute Gasteiger partial charge is 0.461 e. The summed E-state index contributed by atoms with van der Waals surface area (Å²) < 4.78 is 7.67. The molecule has 0 radical (unpaired) electrons. The molecule has 3 heterocycles. The van der Waals surface area contributed by atoms with Crippen molar-refractivity contribution in [3.05, 3.63) is 89.7 Å². The molecule has 1 aliphatic rings. The number of hydrogen-bond donors (Lipinski definition) is 0. The molecule has 0 N–H and O–H groups in total. The Morgan fingerprint density at radius 1 is 0.906 bits per heavy atom. The Morgan fingerprint density at radius 3 is 2.41 bits per heavy atom. The van der Waals surface area contributed by atoms with E-state index in [0.29, 0.717) is 18.1 Å². The van der Waals surface area contributed by atoms with Crippen molar-refractivity contribution >= 4 is 17.7 Å². The fourth-order valence-corrected chi connectivity index (χ4v) is 4.78. The zero-order valence-corrected chi connectivity index (χ0v) is 18.5. The molecule has 2 aromatic carbocycles. The minimum Gasteiger partial charge on any atom is -0.461 e. The van der Waals surface area contributed by atoms with Crippen LogP contribution in [-0.4, -0.2) is 38.7 Å². The number of carbonyl (C=O) groups excluding carboxylic acids is 1. The van der Waals surface area contributed by atoms with E-state index >= 15 is 0 Å². The van der Waals surface area contributed by atoms with E-state index in [0.717, 1.165) is 48.0 Å². The number of aromatic nitrogens is 3. The summed E-state index contributed by atoms with van der Waals surface area (Å²) in [6.07, 6.45) is 3.85. The third kappa shape index (κ3) is 4.48. The summed E-state index contributed by atoms with van der Waals surface area (Å²) in [7, 11) is 0. The minimum atomic E-state index is 0.132. The van der Waals surface area contributed by atoms with E-state index in [-0.39, 0.29) is 5.91 Å². The normalized spacial score (nSPS) is 13.6. The summed E-state index contributed by atoms with van der Waals surface area (Å²) in [5, 5.41) is 9.66. The second-order valence-corrected chi connectivity index (χ2v) is 8.78. The van der Waals surface area contributed by atoms with Crippen LogP contribution in [0.1, 0.15) is 34.3 Å². The molecule has 32 heavy (non-hydrogen) atoms. The molecule has 2 aromatic heterocycles. The lowest BCUT2D eigenvalue weighted by molar-refractivity contribution is 0.0793. The van der Waals surface area contributed by atoms with E-state index in [1.54, 1.807) is 18.0 Å². The molecule has 0 unspecified atom stereocenters. The van der Waals surface area contributed by atoms with Crippen LogP contribution in [0.2, 0.25) is 0 Å². The van der Waals surface area contributed by atoms with Crippen molar-refractivity contribution in [3.8, 4) is 11.6 Å². The number of benzene rings is 2. The maximum Gasteiger partial charge on any atom is 0.253 e. The van der Waals surface area contributed by atoms with Gasteiger partial charge < -0.3 is 9.32 Å². The first-order chi connectivity index (χ1) is 15.8. The number of rotatable bonds is 7. The zero-order chi connectivity index (χ0) is 21.8. The molecule has 0 aliphatic carbocycles. The summed E-state index contributed by atoms with van der Waals surface area (Å²) in [5.41, 5.74) is 3.07. The Bertz CT molecular complexity index is 1160. The molecular weight excluding hydrogens is 420 g/mol. The van der Waals surface area contributed by atoms with Gasteiger partial charge in [-0.3, -0.25) is 9.36 Å². The standard InChI is InChI=1S/C25H24N4O2S/c30-24(28-14-4-5-15-28)21-12-10-20(11-13-21)18-32-25-27-26-23(22-9-6-16-31-22)29(25)17-19-7-2-1-3-8-19/h1-3,6-13,16H,4-5,14-15,17-18H2. The zero-order valence-electron chi connectivity index (χ0n) is 17.7. The van der Waals surface area contributed by atoms with Crippen LogP contribution in [-0.2, 0) is 12.3 Å². The number of hydrogen-bond acceptors (Lipinski definition) is 5. The molecule has 6 nitrogen and oxygen atoms in total. The summed E-state index contributed by atoms with van der Waals surface area (Å²) in [6.45, 7) is 2.40. The minimum absolute atomic E-state index is 0.132. The van der Waals surface area contributed by atoms with E-state index in [1.807, 2.05) is 59.5 Å². The van der Waals surface area contributed by atoms with Gasteiger partial charge in [-0.1, -0.05) is 54.2 Å². The number of furan rings is 1. The Labute approximate surface area is 191 Å². The van der Waals surface area contributed by atoms with Crippen molar-refractivity contribution in [2.24, 2.45) is 0 Å². The van der Waals surface area contributed by atoms with Crippen LogP contribution in [0.4, 0.5) is 0 Å². The van der Waals surface area contributed by atoms with Gasteiger partial charge in [-0.05, 0) is 48.2 Å². The smallest absolute Gasteiger partial charge is 0.253 e. The Morgan fingerprint density at radius 2 is 1.69 bits per heavy atom. The number of likely N-dealkylation sites (tertiary alicyclic amines) is 1. The van der Waals surface area contributed by atoms with E-state index in [4.69, 9.17) is 4.42 Å². The predicted molar refractivity (Wildman–Crippen MR) is 124 cm³/mol. The topological polar surface area (TPSA) is 64.2 Å². The third-order valence-electron chi connectivity index (χ3n) is 5.60. The lowest BCUT2D eigenvalue weighted by atomic mass is 10.1. The first-order valence-corrected chi connectivity index (χ1v) is 11.8. The van der Waals surface area contributed by atoms with Gasteiger partial charge in [0.25, 0.3) is 5.91 Å². The fraction of sp³-hybridized carbons (Fsp3) is 0.240. The second-order valence-electron chi connectivity index (χ2n) is 7.84. The van der Waals surface area contributed by atoms with Crippen LogP contribution in [0, 0.1) is 0 Å². The molecule has 1 aliphatic heterocycles. The molecule has 162 valence electrons. The molecule has 0 spiro atoms. The van der Waals surface area contributed by atoms with Gasteiger partial charge in [0.05, 0.1) is 12.8 Å². The quantitative estimate of drug-likeness (QED) is 0.371. The van der Waals surface area contributed by atoms with E-state index in [2.05, 4.69) is 26.9 Å². The molecule has 1 amide bonds. The first kappa shape index (κ1) is 20.6. The second kappa shape index (κ2) is 9.44. The molecule has 1 saturated heterocycles. The summed E-state index contributed by atoms with van der Waals surface area (Å²) in [4.78, 5) is 14.5. The van der Waals surface area contributed by atoms with Crippen LogP contribution in [0.25, 0.3) is 11.6 Å². The number of thioether (sulfide) groups is 1. The Hall–Kier alpha value is -3.32. The average Bonchev–Trinajstić information content (AvgIpc) is 3.61. The van der Waals surface area contributed by atoms with Crippen molar-refractivity contribution in [1.82, 2.24) is 19.7 Å². The van der Waals surface area contributed by atoms with Gasteiger partial charge in [0.15, 0.2) is 10.9 Å². The molecule has 0 bridgehead atoms. The SMILES string of the molecule is O=C(c1ccc(CSc2nnc(-c3ccco3)n2Cc2ccccc2)cc1)N1CCCC1. The highest BCUT2D eigenvalue weighted by molar-refractivity contribution is 7.98. The van der Waals surface area contributed by atoms with E-state index in [1.165, 1.54) is 5.56 Å².